The summed E-state index contributed by atoms with van der Waals surface area (Å²) in [6, 6.07) is 10.1. The molecule has 2 aliphatic rings. The SMILES string of the molecule is CC1=Cc2c(C)cc(C(C)C)cc2[CH]1[Zr+2]([CH]1C(C)=Cc2c(C)cc(C(C)C)cc21)=[Si](C)C.[Cl-].[Cl-]. The van der Waals surface area contributed by atoms with Gasteiger partial charge in [-0.05, 0) is 0 Å². The summed E-state index contributed by atoms with van der Waals surface area (Å²) in [4.78, 5) is 0. The molecule has 2 atom stereocenters. The average molecular weight is 591 g/mol. The third-order valence-corrected chi connectivity index (χ3v) is 27.6. The molecule has 0 aliphatic heterocycles. The molecule has 0 bridgehead atoms. The summed E-state index contributed by atoms with van der Waals surface area (Å²) in [7, 11) is 0. The van der Waals surface area contributed by atoms with Crippen LogP contribution in [-0.4, -0.2) is 5.43 Å². The van der Waals surface area contributed by atoms with Gasteiger partial charge in [0.2, 0.25) is 0 Å². The molecule has 2 aromatic rings. The van der Waals surface area contributed by atoms with Gasteiger partial charge in [-0.25, -0.2) is 0 Å². The van der Waals surface area contributed by atoms with Gasteiger partial charge in [0.25, 0.3) is 0 Å². The Morgan fingerprint density at radius 1 is 0.647 bits per heavy atom. The maximum Gasteiger partial charge on any atom is -1.00 e. The molecule has 0 fully saturated rings. The van der Waals surface area contributed by atoms with Crippen molar-refractivity contribution >= 4 is 17.6 Å². The van der Waals surface area contributed by atoms with Gasteiger partial charge in [-0.3, -0.25) is 0 Å². The second-order valence-electron chi connectivity index (χ2n) is 11.1. The Morgan fingerprint density at radius 3 is 1.29 bits per heavy atom. The molecule has 0 aromatic heterocycles. The van der Waals surface area contributed by atoms with Crippen LogP contribution in [0.25, 0.3) is 12.2 Å². The fourth-order valence-corrected chi connectivity index (χ4v) is 26.6. The molecule has 2 aromatic carbocycles. The first-order valence-corrected chi connectivity index (χ1v) is 21.4. The Bertz CT molecular complexity index is 1110. The topological polar surface area (TPSA) is 0 Å². The molecule has 0 N–H and O–H groups in total. The van der Waals surface area contributed by atoms with E-state index < -0.39 is 20.4 Å². The van der Waals surface area contributed by atoms with E-state index >= 15 is 0 Å². The summed E-state index contributed by atoms with van der Waals surface area (Å²) in [5, 5.41) is 0. The Morgan fingerprint density at radius 2 is 1.00 bits per heavy atom. The second-order valence-corrected chi connectivity index (χ2v) is 29.0. The zero-order chi connectivity index (χ0) is 23.5. The number of rotatable bonds is 4. The number of hydrogen-bond donors (Lipinski definition) is 0. The maximum absolute atomic E-state index is 2.63. The van der Waals surface area contributed by atoms with Gasteiger partial charge in [-0.2, -0.15) is 0 Å². The summed E-state index contributed by atoms with van der Waals surface area (Å²) in [5.74, 6) is 1.18. The standard InChI is InChI=1S/2C14H17.C2H6Si.2ClH.Zr/c2*1-9(2)12-7-11(4)14-6-10(3)5-13(14)8-12;1-3-2;;;/h2*5-9H,1-4H3;1-2H3;2*1H;/q;;;;;+2/p-2. The summed E-state index contributed by atoms with van der Waals surface area (Å²) < 4.78 is 1.46. The Labute approximate surface area is 228 Å². The number of fused-ring (bicyclic) bond motifs is 2. The number of allylic oxidation sites excluding steroid dienone is 2. The van der Waals surface area contributed by atoms with Crippen LogP contribution in [0, 0.1) is 13.8 Å². The first-order chi connectivity index (χ1) is 15.0. The predicted octanol–water partition coefficient (Wildman–Crippen LogP) is 3.04. The van der Waals surface area contributed by atoms with Gasteiger partial charge in [-0.1, -0.05) is 0 Å². The fourth-order valence-electron chi connectivity index (χ4n) is 5.93. The zero-order valence-corrected chi connectivity index (χ0v) is 27.5. The van der Waals surface area contributed by atoms with E-state index in [0.717, 1.165) is 7.25 Å². The van der Waals surface area contributed by atoms with Crippen molar-refractivity contribution in [2.45, 2.75) is 87.6 Å². The van der Waals surface area contributed by atoms with Crippen LogP contribution in [0.15, 0.2) is 35.4 Å². The smallest absolute Gasteiger partial charge is 1.00 e. The van der Waals surface area contributed by atoms with E-state index in [1.807, 2.05) is 0 Å². The van der Waals surface area contributed by atoms with E-state index in [-0.39, 0.29) is 30.2 Å². The minimum absolute atomic E-state index is 0. The quantitative estimate of drug-likeness (QED) is 0.481. The molecule has 2 aliphatic carbocycles. The van der Waals surface area contributed by atoms with E-state index in [0.29, 0.717) is 11.8 Å². The van der Waals surface area contributed by atoms with Crippen LogP contribution in [0.5, 0.6) is 0 Å². The minimum Gasteiger partial charge on any atom is -1.00 e. The van der Waals surface area contributed by atoms with E-state index in [4.69, 9.17) is 0 Å². The van der Waals surface area contributed by atoms with Crippen LogP contribution in [0.2, 0.25) is 13.1 Å². The number of aryl methyl sites for hydroxylation is 2. The van der Waals surface area contributed by atoms with Crippen molar-refractivity contribution in [2.75, 3.05) is 0 Å². The average Bonchev–Trinajstić information content (AvgIpc) is 3.20. The third kappa shape index (κ3) is 5.18. The Kier molecular flexibility index (Phi) is 9.94. The molecule has 0 saturated carbocycles. The number of halogens is 2. The third-order valence-electron chi connectivity index (χ3n) is 7.69. The van der Waals surface area contributed by atoms with Gasteiger partial charge < -0.3 is 24.8 Å². The monoisotopic (exact) mass is 588 g/mol. The summed E-state index contributed by atoms with van der Waals surface area (Å²) in [6.45, 7) is 24.2. The van der Waals surface area contributed by atoms with Gasteiger partial charge in [0.05, 0.1) is 0 Å². The molecular formula is C30H40Cl2SiZr. The minimum atomic E-state index is -1.95. The summed E-state index contributed by atoms with van der Waals surface area (Å²) in [6.07, 6.45) is 5.10. The van der Waals surface area contributed by atoms with Crippen LogP contribution >= 0.6 is 0 Å². The van der Waals surface area contributed by atoms with E-state index in [9.17, 15) is 0 Å². The molecule has 0 nitrogen and oxygen atoms in total. The Balaban J connectivity index is 0.00000204. The van der Waals surface area contributed by atoms with Crippen LogP contribution in [0.1, 0.15) is 105 Å². The van der Waals surface area contributed by atoms with E-state index in [2.05, 4.69) is 105 Å². The molecule has 4 heteroatoms. The molecule has 2 unspecified atom stereocenters. The molecule has 0 saturated heterocycles. The molecule has 34 heavy (non-hydrogen) atoms. The molecule has 4 rings (SSSR count). The fraction of sp³-hybridized carbons (Fsp3) is 0.467. The number of hydrogen-bond acceptors (Lipinski definition) is 0. The van der Waals surface area contributed by atoms with Gasteiger partial charge in [0.1, 0.15) is 0 Å². The van der Waals surface area contributed by atoms with Crippen molar-refractivity contribution in [3.63, 3.8) is 0 Å². The van der Waals surface area contributed by atoms with Crippen molar-refractivity contribution in [1.82, 2.24) is 0 Å². The molecule has 0 radical (unpaired) electrons. The molecule has 182 valence electrons. The Hall–Kier alpha value is -0.400. The van der Waals surface area contributed by atoms with Crippen molar-refractivity contribution in [3.05, 3.63) is 79.9 Å². The summed E-state index contributed by atoms with van der Waals surface area (Å²) >= 11 is -1.95. The van der Waals surface area contributed by atoms with Crippen LogP contribution in [0.3, 0.4) is 0 Å². The number of benzene rings is 2. The second kappa shape index (κ2) is 11.3. The molecule has 0 amide bonds. The first-order valence-electron chi connectivity index (χ1n) is 12.3. The van der Waals surface area contributed by atoms with Crippen LogP contribution < -0.4 is 24.8 Å². The predicted molar refractivity (Wildman–Crippen MR) is 141 cm³/mol. The van der Waals surface area contributed by atoms with E-state index in [1.54, 1.807) is 33.4 Å². The van der Waals surface area contributed by atoms with Crippen molar-refractivity contribution in [2.24, 2.45) is 0 Å². The van der Waals surface area contributed by atoms with Gasteiger partial charge >= 0.3 is 205 Å². The normalized spacial score (nSPS) is 17.9. The van der Waals surface area contributed by atoms with Crippen molar-refractivity contribution in [1.29, 1.82) is 0 Å². The molecule has 0 heterocycles. The summed E-state index contributed by atoms with van der Waals surface area (Å²) in [5.41, 5.74) is 15.4. The largest absolute Gasteiger partial charge is 1.00 e. The van der Waals surface area contributed by atoms with Crippen LogP contribution in [-0.2, 0) is 20.4 Å². The molecular weight excluding hydrogens is 551 g/mol. The van der Waals surface area contributed by atoms with Gasteiger partial charge in [-0.15, -0.1) is 0 Å². The van der Waals surface area contributed by atoms with Crippen LogP contribution in [0.4, 0.5) is 0 Å². The maximum atomic E-state index is 2.63. The van der Waals surface area contributed by atoms with Crippen molar-refractivity contribution in [3.8, 4) is 0 Å². The zero-order valence-electron chi connectivity index (χ0n) is 22.5. The first kappa shape index (κ1) is 29.8. The van der Waals surface area contributed by atoms with Crippen molar-refractivity contribution < 1.29 is 45.2 Å². The molecule has 0 spiro atoms. The van der Waals surface area contributed by atoms with E-state index in [1.165, 1.54) is 22.3 Å². The van der Waals surface area contributed by atoms with Gasteiger partial charge in [0, 0.05) is 0 Å². The van der Waals surface area contributed by atoms with Gasteiger partial charge in [0.15, 0.2) is 0 Å².